The minimum Gasteiger partial charge on any atom is -0.497 e. The van der Waals surface area contributed by atoms with E-state index in [-0.39, 0.29) is 5.91 Å². The zero-order valence-corrected chi connectivity index (χ0v) is 16.5. The Balaban J connectivity index is 1.54. The summed E-state index contributed by atoms with van der Waals surface area (Å²) in [5.74, 6) is 0.793. The average molecular weight is 382 g/mol. The number of ether oxygens (including phenoxy) is 1. The molecular formula is C21H23N3O2S. The van der Waals surface area contributed by atoms with E-state index < -0.39 is 0 Å². The van der Waals surface area contributed by atoms with Gasteiger partial charge in [0.2, 0.25) is 5.91 Å². The van der Waals surface area contributed by atoms with Gasteiger partial charge in [0.15, 0.2) is 0 Å². The second kappa shape index (κ2) is 8.79. The van der Waals surface area contributed by atoms with Gasteiger partial charge < -0.3 is 10.1 Å². The molecular weight excluding hydrogens is 358 g/mol. The van der Waals surface area contributed by atoms with Gasteiger partial charge in [-0.15, -0.1) is 11.3 Å². The van der Waals surface area contributed by atoms with Gasteiger partial charge in [-0.25, -0.2) is 4.98 Å². The third kappa shape index (κ3) is 5.39. The summed E-state index contributed by atoms with van der Waals surface area (Å²) < 4.78 is 5.19. The number of nitrogens with zero attached hydrogens (tertiary/aromatic N) is 2. The van der Waals surface area contributed by atoms with Crippen LogP contribution in [0.3, 0.4) is 0 Å². The van der Waals surface area contributed by atoms with Gasteiger partial charge in [0.25, 0.3) is 0 Å². The molecule has 1 heterocycles. The second-order valence-corrected chi connectivity index (χ2v) is 7.32. The number of methoxy groups -OCH3 is 1. The summed E-state index contributed by atoms with van der Waals surface area (Å²) >= 11 is 1.60. The third-order valence-electron chi connectivity index (χ3n) is 4.07. The second-order valence-electron chi connectivity index (χ2n) is 6.46. The van der Waals surface area contributed by atoms with Gasteiger partial charge in [0.05, 0.1) is 19.3 Å². The van der Waals surface area contributed by atoms with Crippen LogP contribution in [0.15, 0.2) is 53.9 Å². The minimum atomic E-state index is -0.0352. The van der Waals surface area contributed by atoms with Crippen molar-refractivity contribution in [2.24, 2.45) is 0 Å². The number of thiazole rings is 1. The van der Waals surface area contributed by atoms with Crippen LogP contribution in [0.25, 0.3) is 10.6 Å². The van der Waals surface area contributed by atoms with Crippen LogP contribution in [0.4, 0.5) is 5.69 Å². The number of carbonyl (C=O) groups excluding carboxylic acids is 1. The molecule has 3 rings (SSSR count). The molecule has 0 aliphatic carbocycles. The number of anilines is 1. The first kappa shape index (κ1) is 19.1. The molecule has 0 aliphatic heterocycles. The maximum Gasteiger partial charge on any atom is 0.238 e. The molecule has 2 aromatic carbocycles. The number of likely N-dealkylation sites (N-methyl/N-ethyl adjacent to an activating group) is 1. The van der Waals surface area contributed by atoms with Crippen LogP contribution in [0.5, 0.6) is 5.75 Å². The van der Waals surface area contributed by atoms with Gasteiger partial charge in [0.1, 0.15) is 10.8 Å². The third-order valence-corrected chi connectivity index (χ3v) is 5.01. The molecule has 140 valence electrons. The molecule has 1 N–H and O–H groups in total. The van der Waals surface area contributed by atoms with Crippen molar-refractivity contribution in [1.82, 2.24) is 9.88 Å². The van der Waals surface area contributed by atoms with E-state index in [1.54, 1.807) is 18.4 Å². The van der Waals surface area contributed by atoms with Crippen LogP contribution < -0.4 is 10.1 Å². The van der Waals surface area contributed by atoms with E-state index in [9.17, 15) is 4.79 Å². The zero-order chi connectivity index (χ0) is 19.2. The summed E-state index contributed by atoms with van der Waals surface area (Å²) in [5, 5.41) is 5.92. The summed E-state index contributed by atoms with van der Waals surface area (Å²) in [6.45, 7) is 2.95. The van der Waals surface area contributed by atoms with Crippen molar-refractivity contribution < 1.29 is 9.53 Å². The largest absolute Gasteiger partial charge is 0.497 e. The van der Waals surface area contributed by atoms with E-state index in [0.29, 0.717) is 13.1 Å². The van der Waals surface area contributed by atoms with Crippen molar-refractivity contribution in [3.8, 4) is 16.3 Å². The molecule has 0 bridgehead atoms. The lowest BCUT2D eigenvalue weighted by atomic mass is 10.2. The van der Waals surface area contributed by atoms with Crippen molar-refractivity contribution in [2.45, 2.75) is 13.5 Å². The SMILES string of the molecule is COc1ccc(-c2nc(CN(C)CC(=O)Nc3ccc(C)cc3)cs2)cc1. The highest BCUT2D eigenvalue weighted by Crippen LogP contribution is 2.26. The molecule has 0 aliphatic rings. The van der Waals surface area contributed by atoms with Gasteiger partial charge in [-0.3, -0.25) is 9.69 Å². The van der Waals surface area contributed by atoms with Gasteiger partial charge in [-0.1, -0.05) is 17.7 Å². The summed E-state index contributed by atoms with van der Waals surface area (Å²) in [5.41, 5.74) is 4.00. The number of amides is 1. The van der Waals surface area contributed by atoms with E-state index in [4.69, 9.17) is 4.74 Å². The molecule has 6 heteroatoms. The lowest BCUT2D eigenvalue weighted by Crippen LogP contribution is -2.29. The summed E-state index contributed by atoms with van der Waals surface area (Å²) in [4.78, 5) is 18.8. The molecule has 0 saturated heterocycles. The van der Waals surface area contributed by atoms with Crippen molar-refractivity contribution >= 4 is 22.9 Å². The van der Waals surface area contributed by atoms with Gasteiger partial charge in [-0.2, -0.15) is 0 Å². The van der Waals surface area contributed by atoms with Crippen LogP contribution in [-0.2, 0) is 11.3 Å². The molecule has 0 radical (unpaired) electrons. The normalized spacial score (nSPS) is 10.8. The topological polar surface area (TPSA) is 54.5 Å². The minimum absolute atomic E-state index is 0.0352. The first-order chi connectivity index (χ1) is 13.0. The van der Waals surface area contributed by atoms with E-state index in [0.717, 1.165) is 27.7 Å². The van der Waals surface area contributed by atoms with Gasteiger partial charge in [0, 0.05) is 23.2 Å². The summed E-state index contributed by atoms with van der Waals surface area (Å²) in [7, 11) is 3.57. The lowest BCUT2D eigenvalue weighted by Gasteiger charge is -2.15. The highest BCUT2D eigenvalue weighted by Gasteiger charge is 2.11. The highest BCUT2D eigenvalue weighted by atomic mass is 32.1. The summed E-state index contributed by atoms with van der Waals surface area (Å²) in [6, 6.07) is 15.6. The van der Waals surface area contributed by atoms with E-state index in [2.05, 4.69) is 10.3 Å². The van der Waals surface area contributed by atoms with E-state index in [1.807, 2.05) is 72.8 Å². The predicted octanol–water partition coefficient (Wildman–Crippen LogP) is 4.20. The molecule has 5 nitrogen and oxygen atoms in total. The van der Waals surface area contributed by atoms with Crippen LogP contribution in [0, 0.1) is 6.92 Å². The fraction of sp³-hybridized carbons (Fsp3) is 0.238. The average Bonchev–Trinajstić information content (AvgIpc) is 3.12. The number of hydrogen-bond donors (Lipinski definition) is 1. The number of hydrogen-bond acceptors (Lipinski definition) is 5. The molecule has 0 fully saturated rings. The van der Waals surface area contributed by atoms with Gasteiger partial charge >= 0.3 is 0 Å². The van der Waals surface area contributed by atoms with Crippen molar-refractivity contribution in [2.75, 3.05) is 26.0 Å². The maximum absolute atomic E-state index is 12.2. The molecule has 1 amide bonds. The lowest BCUT2D eigenvalue weighted by molar-refractivity contribution is -0.117. The molecule has 0 saturated carbocycles. The Morgan fingerprint density at radius 2 is 1.85 bits per heavy atom. The Hall–Kier alpha value is -2.70. The van der Waals surface area contributed by atoms with E-state index in [1.165, 1.54) is 5.56 Å². The van der Waals surface area contributed by atoms with Crippen molar-refractivity contribution in [3.63, 3.8) is 0 Å². The van der Waals surface area contributed by atoms with Crippen LogP contribution in [0.1, 0.15) is 11.3 Å². The number of rotatable bonds is 7. The first-order valence-electron chi connectivity index (χ1n) is 8.67. The highest BCUT2D eigenvalue weighted by molar-refractivity contribution is 7.13. The van der Waals surface area contributed by atoms with Crippen molar-refractivity contribution in [3.05, 3.63) is 65.2 Å². The van der Waals surface area contributed by atoms with Crippen molar-refractivity contribution in [1.29, 1.82) is 0 Å². The van der Waals surface area contributed by atoms with E-state index >= 15 is 0 Å². The fourth-order valence-corrected chi connectivity index (χ4v) is 3.48. The Morgan fingerprint density at radius 3 is 2.52 bits per heavy atom. The Bertz CT molecular complexity index is 889. The number of nitrogens with one attached hydrogen (secondary N) is 1. The summed E-state index contributed by atoms with van der Waals surface area (Å²) in [6.07, 6.45) is 0. The Morgan fingerprint density at radius 1 is 1.15 bits per heavy atom. The molecule has 1 aromatic heterocycles. The molecule has 27 heavy (non-hydrogen) atoms. The van der Waals surface area contributed by atoms with Crippen LogP contribution in [-0.4, -0.2) is 36.5 Å². The number of carbonyl (C=O) groups is 1. The molecule has 0 atom stereocenters. The fourth-order valence-electron chi connectivity index (χ4n) is 2.66. The Kier molecular flexibility index (Phi) is 6.21. The predicted molar refractivity (Wildman–Crippen MR) is 110 cm³/mol. The van der Waals surface area contributed by atoms with Crippen LogP contribution >= 0.6 is 11.3 Å². The number of aryl methyl sites for hydroxylation is 1. The number of benzene rings is 2. The molecule has 0 unspecified atom stereocenters. The zero-order valence-electron chi connectivity index (χ0n) is 15.7. The maximum atomic E-state index is 12.2. The molecule has 3 aromatic rings. The quantitative estimate of drug-likeness (QED) is 0.666. The molecule has 0 spiro atoms. The number of aromatic nitrogens is 1. The first-order valence-corrected chi connectivity index (χ1v) is 9.55. The standard InChI is InChI=1S/C21H23N3O2S/c1-15-4-8-17(9-5-15)22-20(25)13-24(2)12-18-14-27-21(23-18)16-6-10-19(26-3)11-7-16/h4-11,14H,12-13H2,1-3H3,(H,22,25). The smallest absolute Gasteiger partial charge is 0.238 e. The monoisotopic (exact) mass is 381 g/mol. The van der Waals surface area contributed by atoms with Crippen LogP contribution in [0.2, 0.25) is 0 Å². The Labute approximate surface area is 163 Å². The van der Waals surface area contributed by atoms with Gasteiger partial charge in [-0.05, 0) is 50.4 Å².